The van der Waals surface area contributed by atoms with Crippen LogP contribution in [0.1, 0.15) is 31.4 Å². The van der Waals surface area contributed by atoms with Crippen LogP contribution >= 0.6 is 15.9 Å². The number of aryl methyl sites for hydroxylation is 2. The summed E-state index contributed by atoms with van der Waals surface area (Å²) >= 11 is 3.31. The van der Waals surface area contributed by atoms with E-state index >= 15 is 0 Å². The van der Waals surface area contributed by atoms with Crippen molar-refractivity contribution >= 4 is 26.0 Å². The van der Waals surface area contributed by atoms with E-state index in [4.69, 9.17) is 0 Å². The average Bonchev–Trinajstić information content (AvgIpc) is 2.22. The molecule has 0 aliphatic rings. The number of hydrogen-bond donors (Lipinski definition) is 1. The number of sulfonamides is 1. The molecule has 0 amide bonds. The van der Waals surface area contributed by atoms with Gasteiger partial charge in [0.25, 0.3) is 0 Å². The molecule has 1 unspecified atom stereocenters. The normalized spacial score (nSPS) is 13.7. The molecule has 0 aliphatic heterocycles. The molecule has 1 aromatic carbocycles. The summed E-state index contributed by atoms with van der Waals surface area (Å²) in [5.74, 6) is 0. The second-order valence-corrected chi connectivity index (χ2v) is 6.83. The van der Waals surface area contributed by atoms with Crippen molar-refractivity contribution in [3.63, 3.8) is 0 Å². The quantitative estimate of drug-likeness (QED) is 0.926. The average molecular weight is 320 g/mol. The number of hydrogen-bond acceptors (Lipinski definition) is 2. The highest BCUT2D eigenvalue weighted by molar-refractivity contribution is 9.10. The van der Waals surface area contributed by atoms with Gasteiger partial charge in [0.05, 0.1) is 4.90 Å². The minimum Gasteiger partial charge on any atom is -0.208 e. The Kier molecular flexibility index (Phi) is 4.75. The number of halogens is 1. The minimum absolute atomic E-state index is 0.0616. The first-order valence-electron chi connectivity index (χ1n) is 5.57. The fraction of sp³-hybridized carbons (Fsp3) is 0.500. The van der Waals surface area contributed by atoms with Gasteiger partial charge in [-0.3, -0.25) is 0 Å². The van der Waals surface area contributed by atoms with E-state index in [-0.39, 0.29) is 6.04 Å². The van der Waals surface area contributed by atoms with Gasteiger partial charge in [-0.15, -0.1) is 0 Å². The fourth-order valence-electron chi connectivity index (χ4n) is 1.37. The molecule has 17 heavy (non-hydrogen) atoms. The second kappa shape index (κ2) is 5.50. The molecule has 1 N–H and O–H groups in total. The highest BCUT2D eigenvalue weighted by atomic mass is 79.9. The lowest BCUT2D eigenvalue weighted by molar-refractivity contribution is 0.555. The standard InChI is InChI=1S/C12H18BrNO2S/c1-5-10(4)14-17(15,16)12-7-9(3)8(2)6-11(12)13/h6-7,10,14H,5H2,1-4H3. The van der Waals surface area contributed by atoms with Gasteiger partial charge in [0.2, 0.25) is 10.0 Å². The number of benzene rings is 1. The Hall–Kier alpha value is -0.390. The predicted molar refractivity (Wildman–Crippen MR) is 73.7 cm³/mol. The molecule has 0 saturated heterocycles. The van der Waals surface area contributed by atoms with E-state index in [0.29, 0.717) is 9.37 Å². The van der Waals surface area contributed by atoms with Gasteiger partial charge in [-0.25, -0.2) is 13.1 Å². The summed E-state index contributed by atoms with van der Waals surface area (Å²) in [5, 5.41) is 0. The zero-order valence-electron chi connectivity index (χ0n) is 10.5. The van der Waals surface area contributed by atoms with Crippen LogP contribution in [0.2, 0.25) is 0 Å². The third-order valence-corrected chi connectivity index (χ3v) is 5.35. The van der Waals surface area contributed by atoms with E-state index in [1.165, 1.54) is 0 Å². The van der Waals surface area contributed by atoms with Crippen LogP contribution in [0, 0.1) is 13.8 Å². The van der Waals surface area contributed by atoms with Gasteiger partial charge in [0.1, 0.15) is 0 Å². The summed E-state index contributed by atoms with van der Waals surface area (Å²) in [6.45, 7) is 7.66. The van der Waals surface area contributed by atoms with Crippen LogP contribution in [-0.4, -0.2) is 14.5 Å². The van der Waals surface area contributed by atoms with Crippen molar-refractivity contribution in [3.8, 4) is 0 Å². The molecule has 0 aliphatic carbocycles. The van der Waals surface area contributed by atoms with Crippen LogP contribution in [0.4, 0.5) is 0 Å². The van der Waals surface area contributed by atoms with Crippen molar-refractivity contribution in [1.29, 1.82) is 0 Å². The monoisotopic (exact) mass is 319 g/mol. The topological polar surface area (TPSA) is 46.2 Å². The summed E-state index contributed by atoms with van der Waals surface area (Å²) in [5.41, 5.74) is 2.04. The maximum absolute atomic E-state index is 12.1. The molecule has 0 heterocycles. The van der Waals surface area contributed by atoms with Gasteiger partial charge in [-0.2, -0.15) is 0 Å². The molecule has 1 atom stereocenters. The molecule has 3 nitrogen and oxygen atoms in total. The minimum atomic E-state index is -3.44. The highest BCUT2D eigenvalue weighted by Crippen LogP contribution is 2.25. The van der Waals surface area contributed by atoms with E-state index in [1.54, 1.807) is 6.07 Å². The Balaban J connectivity index is 3.20. The largest absolute Gasteiger partial charge is 0.241 e. The maximum Gasteiger partial charge on any atom is 0.241 e. The van der Waals surface area contributed by atoms with Crippen molar-refractivity contribution in [2.75, 3.05) is 0 Å². The zero-order valence-corrected chi connectivity index (χ0v) is 12.9. The van der Waals surface area contributed by atoms with Crippen molar-refractivity contribution in [1.82, 2.24) is 4.72 Å². The van der Waals surface area contributed by atoms with Gasteiger partial charge in [-0.05, 0) is 66.4 Å². The van der Waals surface area contributed by atoms with Crippen molar-refractivity contribution < 1.29 is 8.42 Å². The van der Waals surface area contributed by atoms with E-state index in [2.05, 4.69) is 20.7 Å². The smallest absolute Gasteiger partial charge is 0.208 e. The van der Waals surface area contributed by atoms with Gasteiger partial charge >= 0.3 is 0 Å². The molecule has 96 valence electrons. The molecule has 0 spiro atoms. The Morgan fingerprint density at radius 3 is 2.35 bits per heavy atom. The lowest BCUT2D eigenvalue weighted by Crippen LogP contribution is -2.32. The van der Waals surface area contributed by atoms with Gasteiger partial charge < -0.3 is 0 Å². The van der Waals surface area contributed by atoms with Gasteiger partial charge in [0.15, 0.2) is 0 Å². The van der Waals surface area contributed by atoms with Crippen LogP contribution in [0.5, 0.6) is 0 Å². The van der Waals surface area contributed by atoms with Crippen molar-refractivity contribution in [2.24, 2.45) is 0 Å². The lowest BCUT2D eigenvalue weighted by atomic mass is 10.1. The predicted octanol–water partition coefficient (Wildman–Crippen LogP) is 3.14. The highest BCUT2D eigenvalue weighted by Gasteiger charge is 2.20. The summed E-state index contributed by atoms with van der Waals surface area (Å²) < 4.78 is 27.5. The van der Waals surface area contributed by atoms with Crippen molar-refractivity contribution in [3.05, 3.63) is 27.7 Å². The molecule has 0 aromatic heterocycles. The SMILES string of the molecule is CCC(C)NS(=O)(=O)c1cc(C)c(C)cc1Br. The molecule has 0 bridgehead atoms. The van der Waals surface area contributed by atoms with Crippen LogP contribution < -0.4 is 4.72 Å². The van der Waals surface area contributed by atoms with Gasteiger partial charge in [-0.1, -0.05) is 6.92 Å². The second-order valence-electron chi connectivity index (χ2n) is 4.30. The Morgan fingerprint density at radius 1 is 1.29 bits per heavy atom. The first-order valence-corrected chi connectivity index (χ1v) is 7.84. The molecule has 0 fully saturated rings. The maximum atomic E-state index is 12.1. The van der Waals surface area contributed by atoms with Crippen LogP contribution in [0.25, 0.3) is 0 Å². The van der Waals surface area contributed by atoms with Crippen molar-refractivity contribution in [2.45, 2.75) is 45.1 Å². The Bertz CT molecular complexity index is 511. The summed E-state index contributed by atoms with van der Waals surface area (Å²) in [7, 11) is -3.44. The van der Waals surface area contributed by atoms with E-state index in [0.717, 1.165) is 17.5 Å². The first-order chi connectivity index (χ1) is 7.77. The van der Waals surface area contributed by atoms with E-state index < -0.39 is 10.0 Å². The molecular weight excluding hydrogens is 302 g/mol. The third kappa shape index (κ3) is 3.53. The lowest BCUT2D eigenvalue weighted by Gasteiger charge is -2.14. The van der Waals surface area contributed by atoms with E-state index in [9.17, 15) is 8.42 Å². The number of rotatable bonds is 4. The third-order valence-electron chi connectivity index (χ3n) is 2.81. The fourth-order valence-corrected chi connectivity index (χ4v) is 3.94. The molecular formula is C12H18BrNO2S. The van der Waals surface area contributed by atoms with E-state index in [1.807, 2.05) is 33.8 Å². The van der Waals surface area contributed by atoms with Crippen LogP contribution in [0.15, 0.2) is 21.5 Å². The molecule has 5 heteroatoms. The molecule has 0 saturated carbocycles. The Labute approximate surface area is 112 Å². The van der Waals surface area contributed by atoms with Crippen LogP contribution in [-0.2, 0) is 10.0 Å². The summed E-state index contributed by atoms with van der Waals surface area (Å²) in [4.78, 5) is 0.306. The first kappa shape index (κ1) is 14.7. The Morgan fingerprint density at radius 2 is 1.82 bits per heavy atom. The van der Waals surface area contributed by atoms with Gasteiger partial charge in [0, 0.05) is 10.5 Å². The molecule has 0 radical (unpaired) electrons. The molecule has 1 aromatic rings. The summed E-state index contributed by atoms with van der Waals surface area (Å²) in [6.07, 6.45) is 0.766. The number of nitrogens with one attached hydrogen (secondary N) is 1. The zero-order chi connectivity index (χ0) is 13.2. The van der Waals surface area contributed by atoms with Crippen LogP contribution in [0.3, 0.4) is 0 Å². The molecule has 1 rings (SSSR count). The summed E-state index contributed by atoms with van der Waals surface area (Å²) in [6, 6.07) is 3.47.